The Balaban J connectivity index is 2.18. The molecule has 5 heteroatoms. The number of nitrogens with two attached hydrogens (primary N) is 1. The molecule has 0 bridgehead atoms. The fourth-order valence-corrected chi connectivity index (χ4v) is 3.09. The molecule has 0 saturated carbocycles. The van der Waals surface area contributed by atoms with Crippen LogP contribution in [-0.4, -0.2) is 16.4 Å². The Kier molecular flexibility index (Phi) is 3.28. The van der Waals surface area contributed by atoms with E-state index in [4.69, 9.17) is 5.73 Å². The normalized spacial score (nSPS) is 23.6. The van der Waals surface area contributed by atoms with Gasteiger partial charge < -0.3 is 11.1 Å². The van der Waals surface area contributed by atoms with Gasteiger partial charge in [0.15, 0.2) is 0 Å². The van der Waals surface area contributed by atoms with Gasteiger partial charge in [0.1, 0.15) is 11.5 Å². The molecule has 2 rings (SSSR count). The Morgan fingerprint density at radius 1 is 1.59 bits per heavy atom. The number of thioether (sulfide) groups is 1. The highest BCUT2D eigenvalue weighted by Crippen LogP contribution is 2.39. The Morgan fingerprint density at radius 2 is 2.35 bits per heavy atom. The molecule has 1 atom stereocenters. The van der Waals surface area contributed by atoms with Gasteiger partial charge in [-0.15, -0.1) is 11.8 Å². The number of rotatable bonds is 2. The summed E-state index contributed by atoms with van der Waals surface area (Å²) in [4.78, 5) is 12.1. The van der Waals surface area contributed by atoms with Gasteiger partial charge in [-0.3, -0.25) is 4.79 Å². The number of hydrogen-bond acceptors (Lipinski definition) is 3. The summed E-state index contributed by atoms with van der Waals surface area (Å²) in [5.74, 6) is 0.304. The maximum atomic E-state index is 13.5. The van der Waals surface area contributed by atoms with Gasteiger partial charge in [0, 0.05) is 0 Å². The highest BCUT2D eigenvalue weighted by molar-refractivity contribution is 8.01. The average molecular weight is 254 g/mol. The van der Waals surface area contributed by atoms with Crippen molar-refractivity contribution in [2.24, 2.45) is 0 Å². The van der Waals surface area contributed by atoms with E-state index in [9.17, 15) is 9.18 Å². The van der Waals surface area contributed by atoms with Crippen molar-refractivity contribution in [3.05, 3.63) is 24.0 Å². The zero-order chi connectivity index (χ0) is 12.5. The Morgan fingerprint density at radius 3 is 2.94 bits per heavy atom. The molecule has 1 aromatic rings. The number of carbonyl (C=O) groups is 1. The van der Waals surface area contributed by atoms with Crippen LogP contribution < -0.4 is 11.1 Å². The average Bonchev–Trinajstić information content (AvgIpc) is 2.72. The molecule has 0 aromatic heterocycles. The smallest absolute Gasteiger partial charge is 0.240 e. The summed E-state index contributed by atoms with van der Waals surface area (Å²) in [6.45, 7) is 1.89. The number of nitrogens with one attached hydrogen (secondary N) is 1. The minimum Gasteiger partial charge on any atom is -0.397 e. The summed E-state index contributed by atoms with van der Waals surface area (Å²) in [6.07, 6.45) is 1.83. The van der Waals surface area contributed by atoms with E-state index in [1.807, 2.05) is 6.92 Å². The third-order valence-electron chi connectivity index (χ3n) is 2.98. The monoisotopic (exact) mass is 254 g/mol. The molecular weight excluding hydrogens is 239 g/mol. The van der Waals surface area contributed by atoms with Crippen molar-refractivity contribution in [3.8, 4) is 0 Å². The van der Waals surface area contributed by atoms with E-state index in [2.05, 4.69) is 5.32 Å². The number of para-hydroxylation sites is 1. The Hall–Kier alpha value is -1.23. The first kappa shape index (κ1) is 12.2. The zero-order valence-electron chi connectivity index (χ0n) is 9.63. The fraction of sp³-hybridized carbons (Fsp3) is 0.417. The maximum Gasteiger partial charge on any atom is 0.240 e. The van der Waals surface area contributed by atoms with Gasteiger partial charge in [-0.25, -0.2) is 4.39 Å². The number of amides is 1. The molecule has 0 aliphatic carbocycles. The lowest BCUT2D eigenvalue weighted by molar-refractivity contribution is -0.118. The first-order valence-corrected chi connectivity index (χ1v) is 6.51. The summed E-state index contributed by atoms with van der Waals surface area (Å²) in [5.41, 5.74) is 5.99. The van der Waals surface area contributed by atoms with E-state index in [0.717, 1.165) is 18.6 Å². The predicted molar refractivity (Wildman–Crippen MR) is 69.5 cm³/mol. The third-order valence-corrected chi connectivity index (χ3v) is 4.50. The van der Waals surface area contributed by atoms with E-state index < -0.39 is 10.6 Å². The molecular formula is C12H15FN2OS. The van der Waals surface area contributed by atoms with Crippen LogP contribution in [0.25, 0.3) is 0 Å². The van der Waals surface area contributed by atoms with E-state index in [1.54, 1.807) is 17.8 Å². The number of anilines is 2. The largest absolute Gasteiger partial charge is 0.397 e. The molecule has 0 radical (unpaired) electrons. The molecule has 17 heavy (non-hydrogen) atoms. The second-order valence-electron chi connectivity index (χ2n) is 4.34. The molecule has 1 fully saturated rings. The van der Waals surface area contributed by atoms with E-state index >= 15 is 0 Å². The van der Waals surface area contributed by atoms with Gasteiger partial charge in [0.05, 0.1) is 10.4 Å². The van der Waals surface area contributed by atoms with Crippen molar-refractivity contribution in [2.75, 3.05) is 16.8 Å². The standard InChI is InChI=1S/C12H15FN2OS/c1-12(6-3-7-17-12)11(16)15-10-8(13)4-2-5-9(10)14/h2,4-5H,3,6-7,14H2,1H3,(H,15,16). The molecule has 1 aliphatic rings. The summed E-state index contributed by atoms with van der Waals surface area (Å²) in [7, 11) is 0. The van der Waals surface area contributed by atoms with Crippen LogP contribution in [0.2, 0.25) is 0 Å². The van der Waals surface area contributed by atoms with Gasteiger partial charge in [0.2, 0.25) is 5.91 Å². The molecule has 1 heterocycles. The highest BCUT2D eigenvalue weighted by atomic mass is 32.2. The Bertz CT molecular complexity index is 424. The summed E-state index contributed by atoms with van der Waals surface area (Å²) in [5, 5.41) is 2.60. The maximum absolute atomic E-state index is 13.5. The van der Waals surface area contributed by atoms with Gasteiger partial charge in [-0.05, 0) is 37.7 Å². The second-order valence-corrected chi connectivity index (χ2v) is 5.94. The van der Waals surface area contributed by atoms with E-state index in [0.29, 0.717) is 0 Å². The first-order valence-electron chi connectivity index (χ1n) is 5.52. The number of nitrogen functional groups attached to an aromatic ring is 1. The molecule has 1 unspecified atom stereocenters. The van der Waals surface area contributed by atoms with Crippen LogP contribution in [0.5, 0.6) is 0 Å². The fourth-order valence-electron chi connectivity index (χ4n) is 1.88. The number of carbonyl (C=O) groups excluding carboxylic acids is 1. The van der Waals surface area contributed by atoms with Crippen LogP contribution in [0, 0.1) is 5.82 Å². The van der Waals surface area contributed by atoms with Crippen LogP contribution in [0.15, 0.2) is 18.2 Å². The van der Waals surface area contributed by atoms with Crippen LogP contribution in [0.4, 0.5) is 15.8 Å². The van der Waals surface area contributed by atoms with E-state index in [-0.39, 0.29) is 17.3 Å². The molecule has 1 amide bonds. The van der Waals surface area contributed by atoms with Crippen LogP contribution in [0.1, 0.15) is 19.8 Å². The van der Waals surface area contributed by atoms with E-state index in [1.165, 1.54) is 12.1 Å². The molecule has 1 aliphatic heterocycles. The lowest BCUT2D eigenvalue weighted by atomic mass is 10.0. The van der Waals surface area contributed by atoms with Crippen LogP contribution >= 0.6 is 11.8 Å². The summed E-state index contributed by atoms with van der Waals surface area (Å²) in [6, 6.07) is 4.38. The second kappa shape index (κ2) is 4.56. The minimum atomic E-state index is -0.495. The topological polar surface area (TPSA) is 55.1 Å². The van der Waals surface area contributed by atoms with Crippen molar-refractivity contribution >= 4 is 29.0 Å². The summed E-state index contributed by atoms with van der Waals surface area (Å²) >= 11 is 1.61. The van der Waals surface area contributed by atoms with Crippen LogP contribution in [0.3, 0.4) is 0 Å². The van der Waals surface area contributed by atoms with Crippen molar-refractivity contribution < 1.29 is 9.18 Å². The van der Waals surface area contributed by atoms with Gasteiger partial charge in [0.25, 0.3) is 0 Å². The molecule has 3 nitrogen and oxygen atoms in total. The van der Waals surface area contributed by atoms with Crippen LogP contribution in [-0.2, 0) is 4.79 Å². The van der Waals surface area contributed by atoms with Crippen molar-refractivity contribution in [1.29, 1.82) is 0 Å². The van der Waals surface area contributed by atoms with Crippen molar-refractivity contribution in [3.63, 3.8) is 0 Å². The molecule has 0 spiro atoms. The van der Waals surface area contributed by atoms with Gasteiger partial charge >= 0.3 is 0 Å². The highest BCUT2D eigenvalue weighted by Gasteiger charge is 2.37. The molecule has 3 N–H and O–H groups in total. The number of halogens is 1. The third kappa shape index (κ3) is 2.39. The van der Waals surface area contributed by atoms with Crippen molar-refractivity contribution in [1.82, 2.24) is 0 Å². The molecule has 92 valence electrons. The number of hydrogen-bond donors (Lipinski definition) is 2. The SMILES string of the molecule is CC1(C(=O)Nc2c(N)cccc2F)CCCS1. The first-order chi connectivity index (χ1) is 8.03. The predicted octanol–water partition coefficient (Wildman–Crippen LogP) is 2.63. The zero-order valence-corrected chi connectivity index (χ0v) is 10.4. The lowest BCUT2D eigenvalue weighted by Crippen LogP contribution is -2.35. The molecule has 1 saturated heterocycles. The minimum absolute atomic E-state index is 0.0891. The quantitative estimate of drug-likeness (QED) is 0.798. The Labute approximate surface area is 104 Å². The lowest BCUT2D eigenvalue weighted by Gasteiger charge is -2.22. The van der Waals surface area contributed by atoms with Crippen molar-refractivity contribution in [2.45, 2.75) is 24.5 Å². The molecule has 1 aromatic carbocycles. The number of benzene rings is 1. The van der Waals surface area contributed by atoms with Gasteiger partial charge in [-0.1, -0.05) is 6.07 Å². The van der Waals surface area contributed by atoms with Gasteiger partial charge in [-0.2, -0.15) is 0 Å². The summed E-state index contributed by atoms with van der Waals surface area (Å²) < 4.78 is 13.1.